The maximum absolute atomic E-state index is 3.07. The van der Waals surface area contributed by atoms with Crippen molar-refractivity contribution in [2.75, 3.05) is 12.4 Å². The van der Waals surface area contributed by atoms with Crippen molar-refractivity contribution in [1.82, 2.24) is 0 Å². The number of nitrogens with one attached hydrogen (secondary N) is 1. The molecule has 0 heterocycles. The zero-order chi connectivity index (χ0) is 12.1. The Labute approximate surface area is 95.2 Å². The molecule has 86 valence electrons. The molecule has 0 aromatic heterocycles. The van der Waals surface area contributed by atoms with Crippen molar-refractivity contribution in [2.45, 2.75) is 34.6 Å². The van der Waals surface area contributed by atoms with Crippen molar-refractivity contribution >= 4 is 5.69 Å². The summed E-state index contributed by atoms with van der Waals surface area (Å²) < 4.78 is 0. The smallest absolute Gasteiger partial charge is 0.0340 e. The van der Waals surface area contributed by atoms with Crippen molar-refractivity contribution < 1.29 is 0 Å². The maximum Gasteiger partial charge on any atom is 0.0340 e. The van der Waals surface area contributed by atoms with E-state index < -0.39 is 0 Å². The standard InChI is InChI=1S/C8H11N.C4H8.C2H6/c1-7-4-3-5-8(6-7)9-2;1-3-4-2;1-2/h3-6,9H,1-2H3;3-4H,1-2H3;1-2H3/b;4-3+;. The Morgan fingerprint density at radius 3 is 1.87 bits per heavy atom. The molecule has 0 unspecified atom stereocenters. The highest BCUT2D eigenvalue weighted by Gasteiger charge is 1.84. The average molecular weight is 207 g/mol. The van der Waals surface area contributed by atoms with Gasteiger partial charge in [-0.05, 0) is 38.5 Å². The van der Waals surface area contributed by atoms with E-state index >= 15 is 0 Å². The van der Waals surface area contributed by atoms with Crippen molar-refractivity contribution in [1.29, 1.82) is 0 Å². The minimum atomic E-state index is 1.18. The predicted molar refractivity (Wildman–Crippen MR) is 72.6 cm³/mol. The second kappa shape index (κ2) is 12.8. The lowest BCUT2D eigenvalue weighted by Crippen LogP contribution is -1.86. The van der Waals surface area contributed by atoms with Gasteiger partial charge in [-0.1, -0.05) is 38.1 Å². The summed E-state index contributed by atoms with van der Waals surface area (Å²) in [6.45, 7) is 10.1. The van der Waals surface area contributed by atoms with Crippen LogP contribution in [0.15, 0.2) is 36.4 Å². The summed E-state index contributed by atoms with van der Waals surface area (Å²) in [6.07, 6.45) is 4.00. The van der Waals surface area contributed by atoms with Gasteiger partial charge in [0, 0.05) is 12.7 Å². The first kappa shape index (κ1) is 16.2. The molecular weight excluding hydrogens is 182 g/mol. The first-order valence-electron chi connectivity index (χ1n) is 5.56. The van der Waals surface area contributed by atoms with Gasteiger partial charge in [0.25, 0.3) is 0 Å². The summed E-state index contributed by atoms with van der Waals surface area (Å²) in [7, 11) is 1.93. The van der Waals surface area contributed by atoms with E-state index in [2.05, 4.69) is 24.4 Å². The van der Waals surface area contributed by atoms with E-state index in [0.717, 1.165) is 0 Å². The second-order valence-corrected chi connectivity index (χ2v) is 2.79. The van der Waals surface area contributed by atoms with Crippen LogP contribution in [0.2, 0.25) is 0 Å². The molecule has 0 amide bonds. The lowest BCUT2D eigenvalue weighted by molar-refractivity contribution is 1.43. The van der Waals surface area contributed by atoms with Gasteiger partial charge in [-0.15, -0.1) is 0 Å². The largest absolute Gasteiger partial charge is 0.388 e. The lowest BCUT2D eigenvalue weighted by atomic mass is 10.2. The van der Waals surface area contributed by atoms with Gasteiger partial charge >= 0.3 is 0 Å². The van der Waals surface area contributed by atoms with Crippen molar-refractivity contribution in [3.8, 4) is 0 Å². The van der Waals surface area contributed by atoms with E-state index in [9.17, 15) is 0 Å². The number of allylic oxidation sites excluding steroid dienone is 2. The highest BCUT2D eigenvalue weighted by atomic mass is 14.8. The molecule has 1 nitrogen and oxygen atoms in total. The Bertz CT molecular complexity index is 247. The molecule has 0 atom stereocenters. The lowest BCUT2D eigenvalue weighted by Gasteiger charge is -1.98. The van der Waals surface area contributed by atoms with Gasteiger partial charge in [0.05, 0.1) is 0 Å². The SMILES string of the molecule is C/C=C/C.CC.CNc1cccc(C)c1. The molecule has 1 aromatic carbocycles. The second-order valence-electron chi connectivity index (χ2n) is 2.79. The number of anilines is 1. The molecule has 0 saturated heterocycles. The first-order chi connectivity index (χ1) is 7.24. The number of rotatable bonds is 1. The molecule has 1 heteroatoms. The first-order valence-corrected chi connectivity index (χ1v) is 5.56. The number of benzene rings is 1. The quantitative estimate of drug-likeness (QED) is 0.661. The Morgan fingerprint density at radius 1 is 1.07 bits per heavy atom. The summed E-state index contributed by atoms with van der Waals surface area (Å²) in [4.78, 5) is 0. The van der Waals surface area contributed by atoms with Crippen LogP contribution in [0.25, 0.3) is 0 Å². The van der Waals surface area contributed by atoms with Crippen LogP contribution in [0.5, 0.6) is 0 Å². The predicted octanol–water partition coefficient (Wildman–Crippen LogP) is 4.65. The topological polar surface area (TPSA) is 12.0 Å². The van der Waals surface area contributed by atoms with Crippen LogP contribution >= 0.6 is 0 Å². The van der Waals surface area contributed by atoms with E-state index in [0.29, 0.717) is 0 Å². The third-order valence-electron chi connectivity index (χ3n) is 1.64. The summed E-state index contributed by atoms with van der Waals surface area (Å²) in [5.41, 5.74) is 2.47. The van der Waals surface area contributed by atoms with Crippen LogP contribution in [0.1, 0.15) is 33.3 Å². The Kier molecular flexibility index (Phi) is 13.8. The average Bonchev–Trinajstić information content (AvgIpc) is 2.32. The van der Waals surface area contributed by atoms with Crippen LogP contribution in [0.4, 0.5) is 5.69 Å². The van der Waals surface area contributed by atoms with Gasteiger partial charge in [-0.2, -0.15) is 0 Å². The van der Waals surface area contributed by atoms with E-state index in [1.54, 1.807) is 0 Å². The van der Waals surface area contributed by atoms with Gasteiger partial charge in [0.15, 0.2) is 0 Å². The zero-order valence-electron chi connectivity index (χ0n) is 11.0. The molecule has 1 N–H and O–H groups in total. The van der Waals surface area contributed by atoms with Crippen molar-refractivity contribution in [3.05, 3.63) is 42.0 Å². The highest BCUT2D eigenvalue weighted by molar-refractivity contribution is 5.44. The third-order valence-corrected chi connectivity index (χ3v) is 1.64. The van der Waals surface area contributed by atoms with Crippen LogP contribution in [0.3, 0.4) is 0 Å². The minimum Gasteiger partial charge on any atom is -0.388 e. The molecule has 0 radical (unpaired) electrons. The van der Waals surface area contributed by atoms with Crippen LogP contribution in [-0.2, 0) is 0 Å². The molecule has 0 aliphatic rings. The highest BCUT2D eigenvalue weighted by Crippen LogP contribution is 2.07. The summed E-state index contributed by atoms with van der Waals surface area (Å²) in [5, 5.41) is 3.07. The fraction of sp³-hybridized carbons (Fsp3) is 0.429. The fourth-order valence-corrected chi connectivity index (χ4v) is 0.801. The van der Waals surface area contributed by atoms with Crippen molar-refractivity contribution in [2.24, 2.45) is 0 Å². The zero-order valence-corrected chi connectivity index (χ0v) is 11.0. The van der Waals surface area contributed by atoms with Crippen LogP contribution in [-0.4, -0.2) is 7.05 Å². The molecule has 0 aliphatic carbocycles. The molecule has 0 aliphatic heterocycles. The van der Waals surface area contributed by atoms with E-state index in [1.165, 1.54) is 11.3 Å². The summed E-state index contributed by atoms with van der Waals surface area (Å²) in [6, 6.07) is 8.29. The van der Waals surface area contributed by atoms with Crippen molar-refractivity contribution in [3.63, 3.8) is 0 Å². The van der Waals surface area contributed by atoms with E-state index in [1.807, 2.05) is 59.0 Å². The molecule has 0 bridgehead atoms. The Balaban J connectivity index is 0. The van der Waals surface area contributed by atoms with Gasteiger partial charge in [-0.3, -0.25) is 0 Å². The maximum atomic E-state index is 3.07. The molecule has 0 fully saturated rings. The molecular formula is C14H25N. The van der Waals surface area contributed by atoms with Crippen LogP contribution in [0, 0.1) is 6.92 Å². The summed E-state index contributed by atoms with van der Waals surface area (Å²) >= 11 is 0. The molecule has 1 aromatic rings. The molecule has 1 rings (SSSR count). The molecule has 0 saturated carbocycles. The molecule has 15 heavy (non-hydrogen) atoms. The fourth-order valence-electron chi connectivity index (χ4n) is 0.801. The Morgan fingerprint density at radius 2 is 1.60 bits per heavy atom. The molecule has 0 spiro atoms. The van der Waals surface area contributed by atoms with Gasteiger partial charge in [0.2, 0.25) is 0 Å². The Hall–Kier alpha value is -1.24. The van der Waals surface area contributed by atoms with Gasteiger partial charge < -0.3 is 5.32 Å². The van der Waals surface area contributed by atoms with Gasteiger partial charge in [0.1, 0.15) is 0 Å². The van der Waals surface area contributed by atoms with E-state index in [4.69, 9.17) is 0 Å². The van der Waals surface area contributed by atoms with Crippen LogP contribution < -0.4 is 5.32 Å². The monoisotopic (exact) mass is 207 g/mol. The van der Waals surface area contributed by atoms with Gasteiger partial charge in [-0.25, -0.2) is 0 Å². The number of hydrogen-bond acceptors (Lipinski definition) is 1. The minimum absolute atomic E-state index is 1.18. The third kappa shape index (κ3) is 10.7. The number of aryl methyl sites for hydroxylation is 1. The summed E-state index contributed by atoms with van der Waals surface area (Å²) in [5.74, 6) is 0. The van der Waals surface area contributed by atoms with E-state index in [-0.39, 0.29) is 0 Å². The normalized spacial score (nSPS) is 8.40. The number of hydrogen-bond donors (Lipinski definition) is 1.